The molecule has 10 rings (SSSR count). The molecule has 4 aromatic carbocycles. The lowest BCUT2D eigenvalue weighted by atomic mass is 9.95. The number of aliphatic imine (C=N–C) groups is 2. The van der Waals surface area contributed by atoms with Crippen LogP contribution in [0.15, 0.2) is 177 Å². The summed E-state index contributed by atoms with van der Waals surface area (Å²) < 4.78 is 0. The molecule has 4 aromatic rings. The van der Waals surface area contributed by atoms with E-state index in [1.807, 2.05) is 0 Å². The highest BCUT2D eigenvalue weighted by molar-refractivity contribution is 6.11. The second-order valence-corrected chi connectivity index (χ2v) is 14.0. The van der Waals surface area contributed by atoms with Gasteiger partial charge in [0.15, 0.2) is 0 Å². The molecule has 228 valence electrons. The molecule has 0 bridgehead atoms. The standard InChI is InChI=1S/C46H34N2/c1-27(29-9-5-3-6-10-29)31-13-33-17-39(18-34(33)14-31)45-25-41-21-37-24-44-42(22-38(37)23-43(41)47-45)26-46(48-44)40-19-35-15-32(16-36(35)20-40)28(2)30-11-7-4-8-12-30/h3-13,15,18,20-24H,1-2,14,16-17,19,25-26H2. The van der Waals surface area contributed by atoms with Crippen LogP contribution in [0, 0.1) is 0 Å². The number of benzene rings is 4. The average molecular weight is 615 g/mol. The van der Waals surface area contributed by atoms with Crippen LogP contribution in [0.5, 0.6) is 0 Å². The summed E-state index contributed by atoms with van der Waals surface area (Å²) in [7, 11) is 0. The van der Waals surface area contributed by atoms with Gasteiger partial charge in [-0.15, -0.1) is 0 Å². The van der Waals surface area contributed by atoms with E-state index in [1.54, 1.807) is 0 Å². The van der Waals surface area contributed by atoms with E-state index in [0.29, 0.717) is 0 Å². The maximum absolute atomic E-state index is 5.18. The van der Waals surface area contributed by atoms with Gasteiger partial charge in [0, 0.05) is 24.3 Å². The van der Waals surface area contributed by atoms with Crippen LogP contribution in [0.4, 0.5) is 11.4 Å². The smallest absolute Gasteiger partial charge is 0.0675 e. The van der Waals surface area contributed by atoms with Gasteiger partial charge in [0.2, 0.25) is 0 Å². The summed E-state index contributed by atoms with van der Waals surface area (Å²) in [5.74, 6) is 0. The van der Waals surface area contributed by atoms with E-state index in [2.05, 4.69) is 122 Å². The second kappa shape index (κ2) is 10.5. The summed E-state index contributed by atoms with van der Waals surface area (Å²) >= 11 is 0. The van der Waals surface area contributed by atoms with E-state index < -0.39 is 0 Å². The van der Waals surface area contributed by atoms with Gasteiger partial charge in [0.1, 0.15) is 0 Å². The fourth-order valence-corrected chi connectivity index (χ4v) is 8.32. The lowest BCUT2D eigenvalue weighted by Crippen LogP contribution is -2.02. The molecule has 0 saturated heterocycles. The number of hydrogen-bond acceptors (Lipinski definition) is 2. The van der Waals surface area contributed by atoms with Gasteiger partial charge in [0.05, 0.1) is 11.4 Å². The average Bonchev–Trinajstić information content (AvgIpc) is 3.95. The lowest BCUT2D eigenvalue weighted by molar-refractivity contribution is 1.25. The fraction of sp³-hybridized carbons (Fsp3) is 0.130. The monoisotopic (exact) mass is 614 g/mol. The Hall–Kier alpha value is -5.60. The molecule has 0 saturated carbocycles. The number of fused-ring (bicyclic) bond motifs is 3. The molecule has 0 N–H and O–H groups in total. The molecule has 6 aliphatic rings. The van der Waals surface area contributed by atoms with Crippen molar-refractivity contribution in [1.82, 2.24) is 0 Å². The molecule has 0 fully saturated rings. The topological polar surface area (TPSA) is 24.7 Å². The SMILES string of the molecule is C=C(C1=CC2=C(C=C(C3=Nc4cc5cc6c(cc5cc4C3)N=C(C3=CC4=C(C=C(C(=C)c5ccccc5)C4)C3)C6)C2)C1)c1ccccc1. The van der Waals surface area contributed by atoms with E-state index in [1.165, 1.54) is 89.0 Å². The molecule has 0 unspecified atom stereocenters. The molecule has 48 heavy (non-hydrogen) atoms. The van der Waals surface area contributed by atoms with Gasteiger partial charge in [-0.05, 0) is 139 Å². The molecule has 0 spiro atoms. The van der Waals surface area contributed by atoms with Crippen molar-refractivity contribution in [3.63, 3.8) is 0 Å². The third-order valence-corrected chi connectivity index (χ3v) is 11.0. The van der Waals surface area contributed by atoms with Crippen LogP contribution in [0.1, 0.15) is 47.9 Å². The maximum Gasteiger partial charge on any atom is 0.0675 e. The van der Waals surface area contributed by atoms with Crippen LogP contribution in [-0.4, -0.2) is 11.4 Å². The van der Waals surface area contributed by atoms with Crippen LogP contribution in [0.3, 0.4) is 0 Å². The first-order chi connectivity index (χ1) is 23.5. The summed E-state index contributed by atoms with van der Waals surface area (Å²) in [5.41, 5.74) is 23.1. The van der Waals surface area contributed by atoms with Crippen molar-refractivity contribution < 1.29 is 0 Å². The Kier molecular flexibility index (Phi) is 5.99. The van der Waals surface area contributed by atoms with E-state index in [4.69, 9.17) is 9.98 Å². The summed E-state index contributed by atoms with van der Waals surface area (Å²) in [6.45, 7) is 8.81. The third kappa shape index (κ3) is 4.47. The first kappa shape index (κ1) is 27.5. The molecule has 2 heteroatoms. The van der Waals surface area contributed by atoms with Crippen molar-refractivity contribution in [1.29, 1.82) is 0 Å². The molecular formula is C46H34N2. The molecule has 4 aliphatic carbocycles. The molecule has 0 amide bonds. The van der Waals surface area contributed by atoms with Gasteiger partial charge in [-0.2, -0.15) is 0 Å². The first-order valence-corrected chi connectivity index (χ1v) is 17.0. The minimum Gasteiger partial charge on any atom is -0.252 e. The number of hydrogen-bond donors (Lipinski definition) is 0. The highest BCUT2D eigenvalue weighted by Crippen LogP contribution is 2.46. The summed E-state index contributed by atoms with van der Waals surface area (Å²) in [4.78, 5) is 10.4. The zero-order chi connectivity index (χ0) is 31.9. The van der Waals surface area contributed by atoms with E-state index >= 15 is 0 Å². The summed E-state index contributed by atoms with van der Waals surface area (Å²) in [6.07, 6.45) is 15.2. The molecule has 0 atom stereocenters. The van der Waals surface area contributed by atoms with E-state index in [9.17, 15) is 0 Å². The Morgan fingerprint density at radius 3 is 1.29 bits per heavy atom. The molecule has 0 aromatic heterocycles. The molecule has 2 nitrogen and oxygen atoms in total. The molecule has 2 aliphatic heterocycles. The van der Waals surface area contributed by atoms with Crippen LogP contribution >= 0.6 is 0 Å². The zero-order valence-electron chi connectivity index (χ0n) is 26.9. The molecule has 0 radical (unpaired) electrons. The molecule has 2 heterocycles. The van der Waals surface area contributed by atoms with Crippen molar-refractivity contribution in [3.8, 4) is 0 Å². The maximum atomic E-state index is 5.18. The Labute approximate surface area is 281 Å². The third-order valence-electron chi connectivity index (χ3n) is 11.0. The largest absolute Gasteiger partial charge is 0.252 e. The Bertz CT molecular complexity index is 2260. The van der Waals surface area contributed by atoms with Crippen molar-refractivity contribution in [2.45, 2.75) is 38.5 Å². The van der Waals surface area contributed by atoms with Gasteiger partial charge < -0.3 is 0 Å². The predicted octanol–water partition coefficient (Wildman–Crippen LogP) is 11.4. The van der Waals surface area contributed by atoms with Gasteiger partial charge in [-0.3, -0.25) is 9.98 Å². The van der Waals surface area contributed by atoms with E-state index in [-0.39, 0.29) is 0 Å². The Balaban J connectivity index is 0.822. The zero-order valence-corrected chi connectivity index (χ0v) is 26.9. The van der Waals surface area contributed by atoms with Crippen LogP contribution < -0.4 is 0 Å². The quantitative estimate of drug-likeness (QED) is 0.206. The number of allylic oxidation sites excluding steroid dienone is 14. The highest BCUT2D eigenvalue weighted by Gasteiger charge is 2.29. The fourth-order valence-electron chi connectivity index (χ4n) is 8.32. The lowest BCUT2D eigenvalue weighted by Gasteiger charge is -2.09. The minimum absolute atomic E-state index is 0.896. The van der Waals surface area contributed by atoms with Crippen LogP contribution in [0.25, 0.3) is 21.9 Å². The van der Waals surface area contributed by atoms with Crippen LogP contribution in [0.2, 0.25) is 0 Å². The van der Waals surface area contributed by atoms with Gasteiger partial charge in [-0.25, -0.2) is 0 Å². The Morgan fingerprint density at radius 2 is 0.875 bits per heavy atom. The van der Waals surface area contributed by atoms with Crippen LogP contribution in [-0.2, 0) is 12.8 Å². The summed E-state index contributed by atoms with van der Waals surface area (Å²) in [5, 5.41) is 2.52. The normalized spacial score (nSPS) is 18.7. The second-order valence-electron chi connectivity index (χ2n) is 14.0. The number of rotatable bonds is 6. The van der Waals surface area contributed by atoms with Crippen molar-refractivity contribution in [2.24, 2.45) is 9.98 Å². The predicted molar refractivity (Wildman–Crippen MR) is 201 cm³/mol. The number of nitrogens with zero attached hydrogens (tertiary/aromatic N) is 2. The van der Waals surface area contributed by atoms with Crippen molar-refractivity contribution in [3.05, 3.63) is 189 Å². The van der Waals surface area contributed by atoms with Gasteiger partial charge >= 0.3 is 0 Å². The first-order valence-electron chi connectivity index (χ1n) is 17.0. The van der Waals surface area contributed by atoms with Gasteiger partial charge in [-0.1, -0.05) is 98.1 Å². The Morgan fingerprint density at radius 1 is 0.458 bits per heavy atom. The van der Waals surface area contributed by atoms with Crippen molar-refractivity contribution in [2.75, 3.05) is 0 Å². The highest BCUT2D eigenvalue weighted by atomic mass is 14.8. The molecular weight excluding hydrogens is 581 g/mol. The van der Waals surface area contributed by atoms with Crippen molar-refractivity contribution >= 4 is 44.7 Å². The van der Waals surface area contributed by atoms with E-state index in [0.717, 1.165) is 61.0 Å². The minimum atomic E-state index is 0.896. The van der Waals surface area contributed by atoms with Gasteiger partial charge in [0.25, 0.3) is 0 Å². The summed E-state index contributed by atoms with van der Waals surface area (Å²) in [6, 6.07) is 30.3.